The van der Waals surface area contributed by atoms with Crippen molar-refractivity contribution in [3.8, 4) is 0 Å². The fraction of sp³-hybridized carbons (Fsp3) is 1.00. The van der Waals surface area contributed by atoms with Gasteiger partial charge in [-0.2, -0.15) is 0 Å². The summed E-state index contributed by atoms with van der Waals surface area (Å²) in [7, 11) is 0. The fourth-order valence-electron chi connectivity index (χ4n) is 2.63. The number of hydrogen-bond acceptors (Lipinski definition) is 3. The summed E-state index contributed by atoms with van der Waals surface area (Å²) >= 11 is 0. The van der Waals surface area contributed by atoms with Crippen LogP contribution in [0, 0.1) is 5.92 Å². The lowest BCUT2D eigenvalue weighted by atomic mass is 9.72. The van der Waals surface area contributed by atoms with Crippen molar-refractivity contribution >= 4 is 0 Å². The Morgan fingerprint density at radius 2 is 1.93 bits per heavy atom. The molecular formula is C11H21NO2. The molecular weight excluding hydrogens is 178 g/mol. The zero-order valence-electron chi connectivity index (χ0n) is 8.74. The number of ether oxygens (including phenoxy) is 1. The molecule has 1 saturated carbocycles. The molecule has 1 aliphatic carbocycles. The van der Waals surface area contributed by atoms with Crippen molar-refractivity contribution in [3.05, 3.63) is 0 Å². The van der Waals surface area contributed by atoms with E-state index < -0.39 is 5.60 Å². The van der Waals surface area contributed by atoms with Gasteiger partial charge in [0.2, 0.25) is 0 Å². The lowest BCUT2D eigenvalue weighted by Crippen LogP contribution is -2.51. The molecule has 0 aromatic carbocycles. The monoisotopic (exact) mass is 199 g/mol. The average Bonchev–Trinajstić information content (AvgIpc) is 2.15. The van der Waals surface area contributed by atoms with Crippen molar-refractivity contribution < 1.29 is 9.84 Å². The number of nitrogens with two attached hydrogens (primary N) is 1. The molecule has 0 aromatic rings. The van der Waals surface area contributed by atoms with Crippen LogP contribution in [0.4, 0.5) is 0 Å². The fourth-order valence-corrected chi connectivity index (χ4v) is 2.63. The summed E-state index contributed by atoms with van der Waals surface area (Å²) in [5, 5.41) is 10.00. The SMILES string of the molecule is NC1CC(O)(CCC2CCOCC2)C1. The third-order valence-corrected chi connectivity index (χ3v) is 3.64. The maximum absolute atomic E-state index is 10.00. The quantitative estimate of drug-likeness (QED) is 0.714. The first-order chi connectivity index (χ1) is 6.68. The molecule has 2 fully saturated rings. The van der Waals surface area contributed by atoms with Crippen molar-refractivity contribution in [3.63, 3.8) is 0 Å². The van der Waals surface area contributed by atoms with Gasteiger partial charge in [-0.3, -0.25) is 0 Å². The zero-order chi connectivity index (χ0) is 10.0. The van der Waals surface area contributed by atoms with E-state index in [1.165, 1.54) is 12.8 Å². The van der Waals surface area contributed by atoms with Gasteiger partial charge in [-0.15, -0.1) is 0 Å². The van der Waals surface area contributed by atoms with Gasteiger partial charge in [-0.05, 0) is 44.4 Å². The standard InChI is InChI=1S/C11H21NO2/c12-10-7-11(13,8-10)4-1-9-2-5-14-6-3-9/h9-10,13H,1-8,12H2. The Labute approximate surface area is 85.6 Å². The van der Waals surface area contributed by atoms with Gasteiger partial charge in [-0.25, -0.2) is 0 Å². The van der Waals surface area contributed by atoms with Gasteiger partial charge < -0.3 is 15.6 Å². The third kappa shape index (κ3) is 2.47. The van der Waals surface area contributed by atoms with Crippen LogP contribution in [0.1, 0.15) is 38.5 Å². The molecule has 3 N–H and O–H groups in total. The molecule has 3 heteroatoms. The van der Waals surface area contributed by atoms with E-state index in [1.54, 1.807) is 0 Å². The highest BCUT2D eigenvalue weighted by Crippen LogP contribution is 2.36. The van der Waals surface area contributed by atoms with Crippen LogP contribution in [0.15, 0.2) is 0 Å². The highest BCUT2D eigenvalue weighted by molar-refractivity contribution is 4.96. The predicted molar refractivity (Wildman–Crippen MR) is 54.9 cm³/mol. The number of hydrogen-bond donors (Lipinski definition) is 2. The van der Waals surface area contributed by atoms with E-state index in [2.05, 4.69) is 0 Å². The highest BCUT2D eigenvalue weighted by atomic mass is 16.5. The number of rotatable bonds is 3. The molecule has 0 bridgehead atoms. The lowest BCUT2D eigenvalue weighted by Gasteiger charge is -2.42. The van der Waals surface area contributed by atoms with Crippen LogP contribution in [-0.4, -0.2) is 30.0 Å². The molecule has 2 rings (SSSR count). The largest absolute Gasteiger partial charge is 0.390 e. The van der Waals surface area contributed by atoms with Crippen molar-refractivity contribution in [2.75, 3.05) is 13.2 Å². The van der Waals surface area contributed by atoms with Gasteiger partial charge in [-0.1, -0.05) is 0 Å². The minimum absolute atomic E-state index is 0.245. The Hall–Kier alpha value is -0.120. The van der Waals surface area contributed by atoms with Crippen LogP contribution in [-0.2, 0) is 4.74 Å². The van der Waals surface area contributed by atoms with E-state index in [-0.39, 0.29) is 6.04 Å². The minimum Gasteiger partial charge on any atom is -0.390 e. The molecule has 0 aromatic heterocycles. The van der Waals surface area contributed by atoms with E-state index in [4.69, 9.17) is 10.5 Å². The van der Waals surface area contributed by atoms with Gasteiger partial charge >= 0.3 is 0 Å². The predicted octanol–water partition coefficient (Wildman–Crippen LogP) is 1.05. The van der Waals surface area contributed by atoms with E-state index in [0.717, 1.165) is 44.8 Å². The molecule has 0 radical (unpaired) electrons. The second kappa shape index (κ2) is 4.17. The van der Waals surface area contributed by atoms with Gasteiger partial charge in [0.1, 0.15) is 0 Å². The maximum Gasteiger partial charge on any atom is 0.0677 e. The first-order valence-electron chi connectivity index (χ1n) is 5.74. The van der Waals surface area contributed by atoms with Crippen LogP contribution >= 0.6 is 0 Å². The Balaban J connectivity index is 1.66. The summed E-state index contributed by atoms with van der Waals surface area (Å²) in [6.07, 6.45) is 6.02. The molecule has 1 heterocycles. The van der Waals surface area contributed by atoms with Gasteiger partial charge in [0.05, 0.1) is 5.60 Å². The zero-order valence-corrected chi connectivity index (χ0v) is 8.74. The molecule has 82 valence electrons. The molecule has 2 aliphatic rings. The summed E-state index contributed by atoms with van der Waals surface area (Å²) in [5.74, 6) is 0.768. The molecule has 1 aliphatic heterocycles. The second-order valence-electron chi connectivity index (χ2n) is 4.99. The summed E-state index contributed by atoms with van der Waals surface area (Å²) in [4.78, 5) is 0. The Morgan fingerprint density at radius 3 is 2.50 bits per heavy atom. The van der Waals surface area contributed by atoms with Crippen LogP contribution < -0.4 is 5.73 Å². The normalized spacial score (nSPS) is 39.4. The summed E-state index contributed by atoms with van der Waals surface area (Å²) in [6.45, 7) is 1.81. The Bertz CT molecular complexity index is 184. The van der Waals surface area contributed by atoms with E-state index in [9.17, 15) is 5.11 Å². The van der Waals surface area contributed by atoms with Crippen LogP contribution in [0.25, 0.3) is 0 Å². The van der Waals surface area contributed by atoms with Gasteiger partial charge in [0.25, 0.3) is 0 Å². The van der Waals surface area contributed by atoms with Gasteiger partial charge in [0.15, 0.2) is 0 Å². The lowest BCUT2D eigenvalue weighted by molar-refractivity contribution is -0.0603. The van der Waals surface area contributed by atoms with E-state index in [1.807, 2.05) is 0 Å². The molecule has 0 atom stereocenters. The van der Waals surface area contributed by atoms with Crippen molar-refractivity contribution in [2.24, 2.45) is 11.7 Å². The Kier molecular flexibility index (Phi) is 3.10. The minimum atomic E-state index is -0.419. The molecule has 1 saturated heterocycles. The molecule has 0 amide bonds. The molecule has 3 nitrogen and oxygen atoms in total. The van der Waals surface area contributed by atoms with Crippen molar-refractivity contribution in [1.29, 1.82) is 0 Å². The second-order valence-corrected chi connectivity index (χ2v) is 4.99. The van der Waals surface area contributed by atoms with Crippen LogP contribution in [0.3, 0.4) is 0 Å². The van der Waals surface area contributed by atoms with E-state index >= 15 is 0 Å². The summed E-state index contributed by atoms with van der Waals surface area (Å²) < 4.78 is 5.31. The van der Waals surface area contributed by atoms with Gasteiger partial charge in [0, 0.05) is 19.3 Å². The molecule has 14 heavy (non-hydrogen) atoms. The topological polar surface area (TPSA) is 55.5 Å². The average molecular weight is 199 g/mol. The molecule has 0 unspecified atom stereocenters. The van der Waals surface area contributed by atoms with Crippen molar-refractivity contribution in [1.82, 2.24) is 0 Å². The van der Waals surface area contributed by atoms with Crippen molar-refractivity contribution in [2.45, 2.75) is 50.2 Å². The number of aliphatic hydroxyl groups is 1. The summed E-state index contributed by atoms with van der Waals surface area (Å²) in [6, 6.07) is 0.245. The third-order valence-electron chi connectivity index (χ3n) is 3.64. The maximum atomic E-state index is 10.00. The van der Waals surface area contributed by atoms with Crippen LogP contribution in [0.2, 0.25) is 0 Å². The van der Waals surface area contributed by atoms with Crippen LogP contribution in [0.5, 0.6) is 0 Å². The summed E-state index contributed by atoms with van der Waals surface area (Å²) in [5.41, 5.74) is 5.26. The first-order valence-corrected chi connectivity index (χ1v) is 5.74. The highest BCUT2D eigenvalue weighted by Gasteiger charge is 2.40. The van der Waals surface area contributed by atoms with E-state index in [0.29, 0.717) is 0 Å². The smallest absolute Gasteiger partial charge is 0.0677 e. The molecule has 0 spiro atoms. The Morgan fingerprint density at radius 1 is 1.29 bits per heavy atom. The first kappa shape index (κ1) is 10.4.